The lowest BCUT2D eigenvalue weighted by Crippen LogP contribution is -2.24. The van der Waals surface area contributed by atoms with E-state index in [1.165, 1.54) is 23.0 Å². The monoisotopic (exact) mass is 486 g/mol. The summed E-state index contributed by atoms with van der Waals surface area (Å²) >= 11 is 6.38. The average Bonchev–Trinajstić information content (AvgIpc) is 3.48. The van der Waals surface area contributed by atoms with Crippen LogP contribution in [-0.2, 0) is 6.54 Å². The number of nitrogens with one attached hydrogen (secondary N) is 1. The Morgan fingerprint density at radius 3 is 2.74 bits per heavy atom. The van der Waals surface area contributed by atoms with Crippen molar-refractivity contribution in [2.24, 2.45) is 0 Å². The minimum atomic E-state index is -0.466. The zero-order valence-electron chi connectivity index (χ0n) is 18.0. The number of anilines is 1. The van der Waals surface area contributed by atoms with Crippen molar-refractivity contribution in [3.05, 3.63) is 94.1 Å². The van der Waals surface area contributed by atoms with E-state index in [0.29, 0.717) is 49.5 Å². The lowest BCUT2D eigenvalue weighted by atomic mass is 10.1. The van der Waals surface area contributed by atoms with Gasteiger partial charge in [-0.1, -0.05) is 29.8 Å². The minimum Gasteiger partial charge on any atom is -0.383 e. The predicted molar refractivity (Wildman–Crippen MR) is 131 cm³/mol. The van der Waals surface area contributed by atoms with Crippen molar-refractivity contribution >= 4 is 39.2 Å². The molecule has 0 atom stereocenters. The van der Waals surface area contributed by atoms with E-state index in [1.54, 1.807) is 47.4 Å². The first-order chi connectivity index (χ1) is 17.0. The number of nitrogens with zero attached hydrogens (tertiary/aromatic N) is 6. The highest BCUT2D eigenvalue weighted by Crippen LogP contribution is 2.30. The van der Waals surface area contributed by atoms with Gasteiger partial charge in [0.25, 0.3) is 5.56 Å². The Balaban J connectivity index is 1.63. The third kappa shape index (κ3) is 3.42. The highest BCUT2D eigenvalue weighted by molar-refractivity contribution is 6.35. The fraction of sp³-hybridized carbons (Fsp3) is 0.0417. The fourth-order valence-corrected chi connectivity index (χ4v) is 4.53. The topological polar surface area (TPSA) is 120 Å². The summed E-state index contributed by atoms with van der Waals surface area (Å²) < 4.78 is 17.2. The van der Waals surface area contributed by atoms with Crippen LogP contribution in [0.1, 0.15) is 5.69 Å². The van der Waals surface area contributed by atoms with Crippen LogP contribution in [-0.4, -0.2) is 34.5 Å². The molecule has 0 saturated heterocycles. The summed E-state index contributed by atoms with van der Waals surface area (Å²) in [5, 5.41) is 13.4. The quantitative estimate of drug-likeness (QED) is 0.389. The van der Waals surface area contributed by atoms with Crippen LogP contribution in [0.25, 0.3) is 38.8 Å². The molecule has 0 aliphatic carbocycles. The molecule has 0 amide bonds. The van der Waals surface area contributed by atoms with Gasteiger partial charge >= 0.3 is 0 Å². The number of aromatic nitrogens is 7. The summed E-state index contributed by atoms with van der Waals surface area (Å²) in [4.78, 5) is 22.2. The van der Waals surface area contributed by atoms with Gasteiger partial charge in [0, 0.05) is 17.5 Å². The Labute approximate surface area is 201 Å². The van der Waals surface area contributed by atoms with Gasteiger partial charge < -0.3 is 5.73 Å². The first-order valence-corrected chi connectivity index (χ1v) is 10.9. The number of H-pyrrole nitrogens is 1. The van der Waals surface area contributed by atoms with Crippen molar-refractivity contribution in [1.82, 2.24) is 34.5 Å². The van der Waals surface area contributed by atoms with Crippen LogP contribution < -0.4 is 11.3 Å². The van der Waals surface area contributed by atoms with Gasteiger partial charge in [0.2, 0.25) is 0 Å². The minimum absolute atomic E-state index is 0.138. The maximum atomic E-state index is 14.2. The number of hydrogen-bond donors (Lipinski definition) is 2. The Morgan fingerprint density at radius 2 is 1.94 bits per heavy atom. The number of nitrogens with two attached hydrogens (primary N) is 1. The van der Waals surface area contributed by atoms with Gasteiger partial charge in [-0.05, 0) is 35.7 Å². The number of fused-ring (bicyclic) bond motifs is 2. The van der Waals surface area contributed by atoms with Gasteiger partial charge in [0.15, 0.2) is 5.65 Å². The van der Waals surface area contributed by atoms with Crippen molar-refractivity contribution < 1.29 is 4.39 Å². The van der Waals surface area contributed by atoms with Crippen molar-refractivity contribution in [2.75, 3.05) is 5.73 Å². The van der Waals surface area contributed by atoms with E-state index in [-0.39, 0.29) is 17.9 Å². The lowest BCUT2D eigenvalue weighted by molar-refractivity contribution is 0.624. The second-order valence-electron chi connectivity index (χ2n) is 7.91. The van der Waals surface area contributed by atoms with Gasteiger partial charge in [-0.15, -0.1) is 0 Å². The van der Waals surface area contributed by atoms with Crippen LogP contribution in [0, 0.1) is 5.82 Å². The molecule has 0 unspecified atom stereocenters. The molecule has 172 valence electrons. The van der Waals surface area contributed by atoms with Crippen molar-refractivity contribution in [3.63, 3.8) is 0 Å². The fourth-order valence-electron chi connectivity index (χ4n) is 4.26. The van der Waals surface area contributed by atoms with Crippen molar-refractivity contribution in [1.29, 1.82) is 0 Å². The molecule has 2 aromatic carbocycles. The summed E-state index contributed by atoms with van der Waals surface area (Å²) in [6, 6.07) is 12.9. The van der Waals surface area contributed by atoms with Crippen molar-refractivity contribution in [2.45, 2.75) is 6.54 Å². The Bertz CT molecular complexity index is 1790. The molecule has 4 aromatic heterocycles. The molecule has 0 saturated carbocycles. The smallest absolute Gasteiger partial charge is 0.264 e. The van der Waals surface area contributed by atoms with E-state index in [4.69, 9.17) is 22.4 Å². The normalized spacial score (nSPS) is 11.5. The predicted octanol–water partition coefficient (Wildman–Crippen LogP) is 3.94. The van der Waals surface area contributed by atoms with Gasteiger partial charge in [-0.2, -0.15) is 10.2 Å². The number of nitrogen functional groups attached to an aromatic ring is 1. The number of benzene rings is 2. The highest BCUT2D eigenvalue weighted by atomic mass is 35.5. The molecule has 6 aromatic rings. The summed E-state index contributed by atoms with van der Waals surface area (Å²) in [6.45, 7) is 0.138. The molecule has 3 N–H and O–H groups in total. The third-order valence-electron chi connectivity index (χ3n) is 5.78. The first-order valence-electron chi connectivity index (χ1n) is 10.6. The van der Waals surface area contributed by atoms with E-state index in [0.717, 1.165) is 0 Å². The van der Waals surface area contributed by atoms with E-state index in [1.807, 2.05) is 6.07 Å². The molecular formula is C24H16ClFN8O. The molecular weight excluding hydrogens is 471 g/mol. The summed E-state index contributed by atoms with van der Waals surface area (Å²) in [5.41, 5.74) is 8.48. The second-order valence-corrected chi connectivity index (χ2v) is 8.32. The zero-order chi connectivity index (χ0) is 24.1. The van der Waals surface area contributed by atoms with Crippen LogP contribution in [0.4, 0.5) is 10.2 Å². The highest BCUT2D eigenvalue weighted by Gasteiger charge is 2.20. The number of aromatic amines is 1. The van der Waals surface area contributed by atoms with E-state index >= 15 is 0 Å². The number of rotatable bonds is 4. The molecule has 6 rings (SSSR count). The molecule has 0 radical (unpaired) electrons. The largest absolute Gasteiger partial charge is 0.383 e. The maximum absolute atomic E-state index is 14.2. The molecule has 0 aliphatic rings. The van der Waals surface area contributed by atoms with E-state index < -0.39 is 5.82 Å². The summed E-state index contributed by atoms with van der Waals surface area (Å²) in [6.07, 6.45) is 4.67. The Morgan fingerprint density at radius 1 is 1.09 bits per heavy atom. The van der Waals surface area contributed by atoms with Crippen LogP contribution >= 0.6 is 11.6 Å². The van der Waals surface area contributed by atoms with Crippen LogP contribution in [0.15, 0.2) is 72.0 Å². The van der Waals surface area contributed by atoms with E-state index in [2.05, 4.69) is 20.2 Å². The number of hydrogen-bond acceptors (Lipinski definition) is 6. The Kier molecular flexibility index (Phi) is 4.82. The van der Waals surface area contributed by atoms with Gasteiger partial charge in [0.1, 0.15) is 23.7 Å². The Hall–Kier alpha value is -4.57. The van der Waals surface area contributed by atoms with Gasteiger partial charge in [-0.25, -0.2) is 19.0 Å². The average molecular weight is 487 g/mol. The molecule has 0 fully saturated rings. The number of pyridine rings is 1. The molecule has 0 spiro atoms. The second kappa shape index (κ2) is 8.03. The molecule has 0 bridgehead atoms. The SMILES string of the molecule is Nc1ncnc2c1c(-c1cn[nH]c1)nn2Cc1cc2cccc(Cl)c2c(=O)n1-c1cccc(F)c1. The molecule has 11 heteroatoms. The molecule has 9 nitrogen and oxygen atoms in total. The maximum Gasteiger partial charge on any atom is 0.264 e. The number of halogens is 2. The van der Waals surface area contributed by atoms with Gasteiger partial charge in [0.05, 0.1) is 34.2 Å². The lowest BCUT2D eigenvalue weighted by Gasteiger charge is -2.16. The van der Waals surface area contributed by atoms with Crippen LogP contribution in [0.2, 0.25) is 5.02 Å². The van der Waals surface area contributed by atoms with Crippen LogP contribution in [0.3, 0.4) is 0 Å². The first kappa shape index (κ1) is 21.0. The van der Waals surface area contributed by atoms with Gasteiger partial charge in [-0.3, -0.25) is 14.5 Å². The summed E-state index contributed by atoms with van der Waals surface area (Å²) in [5.74, 6) is -0.197. The van der Waals surface area contributed by atoms with E-state index in [9.17, 15) is 9.18 Å². The standard InChI is InChI=1S/C24H16ClFN8O/c25-18-6-1-3-13-7-17(34(24(35)19(13)18)16-5-2-4-15(26)8-16)11-33-23-20(22(27)28-12-29-23)21(32-33)14-9-30-31-10-14/h1-10,12H,11H2,(H,30,31)(H2,27,28,29). The molecule has 35 heavy (non-hydrogen) atoms. The van der Waals surface area contributed by atoms with Crippen LogP contribution in [0.5, 0.6) is 0 Å². The zero-order valence-corrected chi connectivity index (χ0v) is 18.7. The molecule has 4 heterocycles. The molecule has 0 aliphatic heterocycles. The summed E-state index contributed by atoms with van der Waals surface area (Å²) in [7, 11) is 0. The third-order valence-corrected chi connectivity index (χ3v) is 6.10. The van der Waals surface area contributed by atoms with Crippen molar-refractivity contribution in [3.8, 4) is 16.9 Å².